The molecule has 1 aromatic heterocycles. The quantitative estimate of drug-likeness (QED) is 0.250. The van der Waals surface area contributed by atoms with Crippen LogP contribution in [0.5, 0.6) is 0 Å². The highest BCUT2D eigenvalue weighted by atomic mass is 19.4. The minimum atomic E-state index is -4.66. The molecule has 1 aliphatic rings. The number of ether oxygens (including phenoxy) is 1. The van der Waals surface area contributed by atoms with Crippen LogP contribution in [-0.4, -0.2) is 28.2 Å². The van der Waals surface area contributed by atoms with Gasteiger partial charge in [0.25, 0.3) is 0 Å². The van der Waals surface area contributed by atoms with Crippen molar-refractivity contribution >= 4 is 22.6 Å². The van der Waals surface area contributed by atoms with Crippen LogP contribution < -0.4 is 5.32 Å². The van der Waals surface area contributed by atoms with Gasteiger partial charge in [0, 0.05) is 19.6 Å². The zero-order chi connectivity index (χ0) is 28.6. The van der Waals surface area contributed by atoms with E-state index in [1.54, 1.807) is 0 Å². The number of halogens is 4. The second kappa shape index (κ2) is 11.0. The smallest absolute Gasteiger partial charge is 0.378 e. The number of hydrogen-bond acceptors (Lipinski definition) is 3. The number of carbonyl (C=O) groups is 1. The SMILES string of the molecule is CCOC1CC(C(=O)Nc2ccc(C(F)(F)F)cc2F)CC(c2ccc(-c3ccc4c(c3)nc(C)n4C)cc2)C1. The molecule has 210 valence electrons. The summed E-state index contributed by atoms with van der Waals surface area (Å²) in [5.41, 5.74) is 3.82. The first-order valence-corrected chi connectivity index (χ1v) is 13.4. The molecule has 4 aromatic rings. The van der Waals surface area contributed by atoms with Crippen molar-refractivity contribution in [3.05, 3.63) is 83.4 Å². The fraction of sp³-hybridized carbons (Fsp3) is 0.355. The predicted molar refractivity (Wildman–Crippen MR) is 146 cm³/mol. The molecule has 5 nitrogen and oxygen atoms in total. The highest BCUT2D eigenvalue weighted by Crippen LogP contribution is 2.39. The molecule has 0 radical (unpaired) electrons. The van der Waals surface area contributed by atoms with Gasteiger partial charge in [-0.25, -0.2) is 9.37 Å². The Morgan fingerprint density at radius 3 is 2.42 bits per heavy atom. The molecule has 1 fully saturated rings. The van der Waals surface area contributed by atoms with Crippen molar-refractivity contribution in [3.8, 4) is 11.1 Å². The number of amides is 1. The molecular weight excluding hydrogens is 522 g/mol. The molecule has 9 heteroatoms. The molecule has 0 aliphatic heterocycles. The molecule has 3 atom stereocenters. The topological polar surface area (TPSA) is 56.1 Å². The van der Waals surface area contributed by atoms with E-state index in [1.165, 1.54) is 0 Å². The number of hydrogen-bond donors (Lipinski definition) is 1. The lowest BCUT2D eigenvalue weighted by atomic mass is 9.76. The molecule has 40 heavy (non-hydrogen) atoms. The summed E-state index contributed by atoms with van der Waals surface area (Å²) in [5, 5.41) is 2.50. The number of aromatic nitrogens is 2. The van der Waals surface area contributed by atoms with Crippen LogP contribution in [0.15, 0.2) is 60.7 Å². The Balaban J connectivity index is 1.33. The van der Waals surface area contributed by atoms with E-state index in [-0.39, 0.29) is 17.7 Å². The van der Waals surface area contributed by atoms with Crippen molar-refractivity contribution < 1.29 is 27.1 Å². The van der Waals surface area contributed by atoms with E-state index < -0.39 is 29.4 Å². The Hall–Kier alpha value is -3.72. The van der Waals surface area contributed by atoms with Crippen molar-refractivity contribution in [1.29, 1.82) is 0 Å². The lowest BCUT2D eigenvalue weighted by molar-refractivity contribution is -0.137. The van der Waals surface area contributed by atoms with Crippen LogP contribution in [-0.2, 0) is 22.8 Å². The average molecular weight is 554 g/mol. The van der Waals surface area contributed by atoms with Crippen LogP contribution >= 0.6 is 0 Å². The third kappa shape index (κ3) is 5.75. The molecule has 1 saturated carbocycles. The van der Waals surface area contributed by atoms with Gasteiger partial charge in [-0.1, -0.05) is 30.3 Å². The highest BCUT2D eigenvalue weighted by molar-refractivity contribution is 5.93. The van der Waals surface area contributed by atoms with Crippen molar-refractivity contribution in [1.82, 2.24) is 9.55 Å². The van der Waals surface area contributed by atoms with E-state index in [0.29, 0.717) is 25.5 Å². The summed E-state index contributed by atoms with van der Waals surface area (Å²) in [5.74, 6) is -1.04. The maximum atomic E-state index is 14.4. The molecule has 0 spiro atoms. The number of rotatable bonds is 6. The first kappa shape index (κ1) is 27.8. The van der Waals surface area contributed by atoms with Gasteiger partial charge in [-0.15, -0.1) is 0 Å². The van der Waals surface area contributed by atoms with E-state index in [4.69, 9.17) is 4.74 Å². The first-order valence-electron chi connectivity index (χ1n) is 13.4. The van der Waals surface area contributed by atoms with E-state index in [2.05, 4.69) is 57.3 Å². The second-order valence-electron chi connectivity index (χ2n) is 10.4. The molecule has 1 N–H and O–H groups in total. The Morgan fingerprint density at radius 2 is 1.75 bits per heavy atom. The fourth-order valence-corrected chi connectivity index (χ4v) is 5.60. The number of benzene rings is 3. The predicted octanol–water partition coefficient (Wildman–Crippen LogP) is 7.63. The maximum absolute atomic E-state index is 14.4. The molecule has 1 aliphatic carbocycles. The summed E-state index contributed by atoms with van der Waals surface area (Å²) in [7, 11) is 1.99. The summed E-state index contributed by atoms with van der Waals surface area (Å²) in [6.45, 7) is 4.36. The van der Waals surface area contributed by atoms with Gasteiger partial charge in [0.05, 0.1) is 28.4 Å². The van der Waals surface area contributed by atoms with Crippen LogP contribution in [0, 0.1) is 18.7 Å². The average Bonchev–Trinajstić information content (AvgIpc) is 3.21. The zero-order valence-corrected chi connectivity index (χ0v) is 22.6. The van der Waals surface area contributed by atoms with E-state index in [1.807, 2.05) is 20.9 Å². The molecular formula is C31H31F4N3O2. The van der Waals surface area contributed by atoms with Crippen molar-refractivity contribution in [2.45, 2.75) is 51.3 Å². The third-order valence-corrected chi connectivity index (χ3v) is 7.81. The zero-order valence-electron chi connectivity index (χ0n) is 22.6. The molecule has 3 aromatic carbocycles. The minimum absolute atomic E-state index is 0.0356. The van der Waals surface area contributed by atoms with Gasteiger partial charge in [-0.05, 0) is 86.1 Å². The summed E-state index contributed by atoms with van der Waals surface area (Å²) in [6, 6.07) is 16.6. The molecule has 1 heterocycles. The lowest BCUT2D eigenvalue weighted by Crippen LogP contribution is -2.35. The lowest BCUT2D eigenvalue weighted by Gasteiger charge is -2.34. The number of fused-ring (bicyclic) bond motifs is 1. The Kier molecular flexibility index (Phi) is 7.68. The van der Waals surface area contributed by atoms with Crippen molar-refractivity contribution in [3.63, 3.8) is 0 Å². The Labute approximate surface area is 230 Å². The van der Waals surface area contributed by atoms with Crippen molar-refractivity contribution in [2.75, 3.05) is 11.9 Å². The normalized spacial score (nSPS) is 19.6. The van der Waals surface area contributed by atoms with Crippen LogP contribution in [0.1, 0.15) is 49.1 Å². The van der Waals surface area contributed by atoms with Crippen LogP contribution in [0.25, 0.3) is 22.2 Å². The Morgan fingerprint density at radius 1 is 1.02 bits per heavy atom. The van der Waals surface area contributed by atoms with Gasteiger partial charge in [0.2, 0.25) is 5.91 Å². The van der Waals surface area contributed by atoms with Gasteiger partial charge >= 0.3 is 6.18 Å². The van der Waals surface area contributed by atoms with E-state index in [9.17, 15) is 22.4 Å². The summed E-state index contributed by atoms with van der Waals surface area (Å²) >= 11 is 0. The van der Waals surface area contributed by atoms with Gasteiger partial charge in [0.15, 0.2) is 0 Å². The number of carbonyl (C=O) groups excluding carboxylic acids is 1. The summed E-state index contributed by atoms with van der Waals surface area (Å²) in [6.07, 6.45) is -3.10. The van der Waals surface area contributed by atoms with E-state index in [0.717, 1.165) is 52.1 Å². The van der Waals surface area contributed by atoms with Gasteiger partial charge in [-0.2, -0.15) is 13.2 Å². The first-order chi connectivity index (χ1) is 19.0. The van der Waals surface area contributed by atoms with Crippen LogP contribution in [0.4, 0.5) is 23.2 Å². The monoisotopic (exact) mass is 553 g/mol. The summed E-state index contributed by atoms with van der Waals surface area (Å²) < 4.78 is 61.0. The van der Waals surface area contributed by atoms with Crippen LogP contribution in [0.3, 0.4) is 0 Å². The highest BCUT2D eigenvalue weighted by Gasteiger charge is 2.35. The Bertz CT molecular complexity index is 1530. The molecule has 5 rings (SSSR count). The largest absolute Gasteiger partial charge is 0.416 e. The molecule has 3 unspecified atom stereocenters. The number of imidazole rings is 1. The van der Waals surface area contributed by atoms with Gasteiger partial charge in [0.1, 0.15) is 11.6 Å². The number of anilines is 1. The summed E-state index contributed by atoms with van der Waals surface area (Å²) in [4.78, 5) is 17.8. The van der Waals surface area contributed by atoms with Crippen LogP contribution in [0.2, 0.25) is 0 Å². The number of aryl methyl sites for hydroxylation is 2. The third-order valence-electron chi connectivity index (χ3n) is 7.81. The number of nitrogens with zero attached hydrogens (tertiary/aromatic N) is 2. The molecule has 1 amide bonds. The standard InChI is InChI=1S/C31H31F4N3O2/c1-4-40-25-14-22(13-23(15-25)30(39)37-27-11-10-24(17-26(27)32)31(33,34)35)20-7-5-19(6-8-20)21-9-12-29-28(16-21)36-18(2)38(29)3/h5-12,16-17,22-23,25H,4,13-15H2,1-3H3,(H,37,39). The molecule has 0 bridgehead atoms. The number of nitrogens with one attached hydrogen (secondary N) is 1. The second-order valence-corrected chi connectivity index (χ2v) is 10.4. The van der Waals surface area contributed by atoms with E-state index >= 15 is 0 Å². The fourth-order valence-electron chi connectivity index (χ4n) is 5.60. The number of alkyl halides is 3. The minimum Gasteiger partial charge on any atom is -0.378 e. The van der Waals surface area contributed by atoms with Gasteiger partial charge < -0.3 is 14.6 Å². The maximum Gasteiger partial charge on any atom is 0.416 e. The molecule has 0 saturated heterocycles. The van der Waals surface area contributed by atoms with Crippen molar-refractivity contribution in [2.24, 2.45) is 13.0 Å². The van der Waals surface area contributed by atoms with Gasteiger partial charge in [-0.3, -0.25) is 4.79 Å².